The Balaban J connectivity index is 1.79. The quantitative estimate of drug-likeness (QED) is 0.399. The highest BCUT2D eigenvalue weighted by molar-refractivity contribution is 9.10. The molecule has 0 spiro atoms. The molecule has 0 heterocycles. The molecule has 0 bridgehead atoms. The Morgan fingerprint density at radius 3 is 2.46 bits per heavy atom. The lowest BCUT2D eigenvalue weighted by Gasteiger charge is -2.20. The largest absolute Gasteiger partial charge is 0.490 e. The van der Waals surface area contributed by atoms with Crippen LogP contribution in [0.15, 0.2) is 46.9 Å². The molecule has 3 rings (SSSR count). The summed E-state index contributed by atoms with van der Waals surface area (Å²) in [4.78, 5) is 0. The van der Waals surface area contributed by atoms with Crippen LogP contribution in [0.3, 0.4) is 0 Å². The van der Waals surface area contributed by atoms with Crippen LogP contribution in [0.25, 0.3) is 0 Å². The van der Waals surface area contributed by atoms with Gasteiger partial charge in [0.1, 0.15) is 6.61 Å². The standard InChI is InChI=1S/C24H31BrO3/c1-24(2)11-10-19(16-24)20-14-22(27-13-7-12-26-3)23(15-21(20)25)28-17-18-8-5-4-6-9-18/h4-6,8-9,14-15,19H,7,10-13,16-17H2,1-3H3. The zero-order valence-corrected chi connectivity index (χ0v) is 18.8. The van der Waals surface area contributed by atoms with Crippen LogP contribution in [0.5, 0.6) is 11.5 Å². The molecule has 152 valence electrons. The second kappa shape index (κ2) is 9.80. The van der Waals surface area contributed by atoms with E-state index < -0.39 is 0 Å². The van der Waals surface area contributed by atoms with Crippen LogP contribution >= 0.6 is 15.9 Å². The number of hydrogen-bond donors (Lipinski definition) is 0. The Bertz CT molecular complexity index is 758. The lowest BCUT2D eigenvalue weighted by molar-refractivity contribution is 0.169. The monoisotopic (exact) mass is 446 g/mol. The number of methoxy groups -OCH3 is 1. The van der Waals surface area contributed by atoms with E-state index in [-0.39, 0.29) is 0 Å². The van der Waals surface area contributed by atoms with Crippen molar-refractivity contribution in [3.63, 3.8) is 0 Å². The predicted molar refractivity (Wildman–Crippen MR) is 117 cm³/mol. The minimum absolute atomic E-state index is 0.409. The molecule has 2 aromatic carbocycles. The summed E-state index contributed by atoms with van der Waals surface area (Å²) in [6.07, 6.45) is 4.55. The summed E-state index contributed by atoms with van der Waals surface area (Å²) in [5.74, 6) is 2.18. The molecule has 1 fully saturated rings. The summed E-state index contributed by atoms with van der Waals surface area (Å²) in [7, 11) is 1.72. The molecule has 4 heteroatoms. The molecular formula is C24H31BrO3. The number of ether oxygens (including phenoxy) is 3. The van der Waals surface area contributed by atoms with Crippen molar-refractivity contribution in [1.82, 2.24) is 0 Å². The van der Waals surface area contributed by atoms with E-state index in [1.54, 1.807) is 7.11 Å². The molecular weight excluding hydrogens is 416 g/mol. The van der Waals surface area contributed by atoms with Crippen molar-refractivity contribution in [2.24, 2.45) is 5.41 Å². The maximum absolute atomic E-state index is 6.13. The molecule has 0 aliphatic heterocycles. The normalized spacial score (nSPS) is 18.2. The van der Waals surface area contributed by atoms with Crippen molar-refractivity contribution >= 4 is 15.9 Å². The van der Waals surface area contributed by atoms with Crippen molar-refractivity contribution in [1.29, 1.82) is 0 Å². The van der Waals surface area contributed by atoms with Gasteiger partial charge in [0.05, 0.1) is 6.61 Å². The van der Waals surface area contributed by atoms with Gasteiger partial charge in [-0.05, 0) is 53.9 Å². The molecule has 0 amide bonds. The summed E-state index contributed by atoms with van der Waals surface area (Å²) >= 11 is 3.79. The average molecular weight is 447 g/mol. The van der Waals surface area contributed by atoms with Crippen molar-refractivity contribution in [2.75, 3.05) is 20.3 Å². The molecule has 1 unspecified atom stereocenters. The summed E-state index contributed by atoms with van der Waals surface area (Å²) < 4.78 is 18.5. The van der Waals surface area contributed by atoms with Gasteiger partial charge in [-0.25, -0.2) is 0 Å². The van der Waals surface area contributed by atoms with Crippen LogP contribution in [0.1, 0.15) is 56.6 Å². The molecule has 0 aromatic heterocycles. The zero-order chi connectivity index (χ0) is 20.0. The number of halogens is 1. The van der Waals surface area contributed by atoms with Gasteiger partial charge in [0.25, 0.3) is 0 Å². The van der Waals surface area contributed by atoms with Gasteiger partial charge < -0.3 is 14.2 Å². The maximum Gasteiger partial charge on any atom is 0.162 e. The van der Waals surface area contributed by atoms with Crippen molar-refractivity contribution in [2.45, 2.75) is 52.1 Å². The average Bonchev–Trinajstić information content (AvgIpc) is 3.05. The molecule has 1 saturated carbocycles. The summed E-state index contributed by atoms with van der Waals surface area (Å²) in [5, 5.41) is 0. The second-order valence-electron chi connectivity index (χ2n) is 8.39. The zero-order valence-electron chi connectivity index (χ0n) is 17.2. The highest BCUT2D eigenvalue weighted by Gasteiger charge is 2.33. The van der Waals surface area contributed by atoms with E-state index in [1.807, 2.05) is 18.2 Å². The fourth-order valence-electron chi connectivity index (χ4n) is 3.91. The summed E-state index contributed by atoms with van der Waals surface area (Å²) in [6.45, 7) is 6.56. The van der Waals surface area contributed by atoms with Gasteiger partial charge in [-0.15, -0.1) is 0 Å². The van der Waals surface area contributed by atoms with E-state index in [1.165, 1.54) is 24.8 Å². The molecule has 1 atom stereocenters. The summed E-state index contributed by atoms with van der Waals surface area (Å²) in [6, 6.07) is 14.5. The van der Waals surface area contributed by atoms with Gasteiger partial charge in [0.15, 0.2) is 11.5 Å². The maximum atomic E-state index is 6.13. The van der Waals surface area contributed by atoms with E-state index in [0.717, 1.165) is 28.0 Å². The Morgan fingerprint density at radius 1 is 1.04 bits per heavy atom. The fraction of sp³-hybridized carbons (Fsp3) is 0.500. The minimum Gasteiger partial charge on any atom is -0.490 e. The second-order valence-corrected chi connectivity index (χ2v) is 9.25. The van der Waals surface area contributed by atoms with Crippen molar-refractivity contribution < 1.29 is 14.2 Å². The Morgan fingerprint density at radius 2 is 1.79 bits per heavy atom. The molecule has 2 aromatic rings. The van der Waals surface area contributed by atoms with Crippen LogP contribution in [0.4, 0.5) is 0 Å². The van der Waals surface area contributed by atoms with Gasteiger partial charge in [0.2, 0.25) is 0 Å². The molecule has 3 nitrogen and oxygen atoms in total. The number of benzene rings is 2. The molecule has 0 saturated heterocycles. The number of hydrogen-bond acceptors (Lipinski definition) is 3. The lowest BCUT2D eigenvalue weighted by Crippen LogP contribution is -2.07. The van der Waals surface area contributed by atoms with Gasteiger partial charge in [-0.2, -0.15) is 0 Å². The molecule has 1 aliphatic rings. The predicted octanol–water partition coefficient (Wildman–Crippen LogP) is 6.74. The van der Waals surface area contributed by atoms with E-state index in [9.17, 15) is 0 Å². The van der Waals surface area contributed by atoms with Crippen molar-refractivity contribution in [3.8, 4) is 11.5 Å². The first-order valence-corrected chi connectivity index (χ1v) is 10.9. The SMILES string of the molecule is COCCCOc1cc(C2CCC(C)(C)C2)c(Br)cc1OCc1ccccc1. The van der Waals surface area contributed by atoms with E-state index in [4.69, 9.17) is 14.2 Å². The topological polar surface area (TPSA) is 27.7 Å². The molecule has 0 N–H and O–H groups in total. The van der Waals surface area contributed by atoms with E-state index in [2.05, 4.69) is 54.0 Å². The third-order valence-electron chi connectivity index (χ3n) is 5.46. The van der Waals surface area contributed by atoms with Crippen LogP contribution in [0, 0.1) is 5.41 Å². The Kier molecular flexibility index (Phi) is 7.42. The Labute approximate surface area is 177 Å². The van der Waals surface area contributed by atoms with Gasteiger partial charge in [0, 0.05) is 24.6 Å². The van der Waals surface area contributed by atoms with Crippen LogP contribution in [-0.2, 0) is 11.3 Å². The molecule has 1 aliphatic carbocycles. The van der Waals surface area contributed by atoms with Crippen LogP contribution < -0.4 is 9.47 Å². The van der Waals surface area contributed by atoms with E-state index >= 15 is 0 Å². The first kappa shape index (κ1) is 21.2. The Hall–Kier alpha value is -1.52. The first-order valence-electron chi connectivity index (χ1n) is 10.1. The molecule has 28 heavy (non-hydrogen) atoms. The third-order valence-corrected chi connectivity index (χ3v) is 6.15. The summed E-state index contributed by atoms with van der Waals surface area (Å²) in [5.41, 5.74) is 2.89. The smallest absolute Gasteiger partial charge is 0.162 e. The fourth-order valence-corrected chi connectivity index (χ4v) is 4.56. The van der Waals surface area contributed by atoms with Gasteiger partial charge in [-0.3, -0.25) is 0 Å². The highest BCUT2D eigenvalue weighted by Crippen LogP contribution is 2.49. The highest BCUT2D eigenvalue weighted by atomic mass is 79.9. The van der Waals surface area contributed by atoms with Gasteiger partial charge >= 0.3 is 0 Å². The lowest BCUT2D eigenvalue weighted by atomic mass is 9.88. The minimum atomic E-state index is 0.409. The van der Waals surface area contributed by atoms with Gasteiger partial charge in [-0.1, -0.05) is 60.1 Å². The third kappa shape index (κ3) is 5.74. The van der Waals surface area contributed by atoms with Crippen molar-refractivity contribution in [3.05, 3.63) is 58.1 Å². The number of rotatable bonds is 9. The first-order chi connectivity index (χ1) is 13.5. The van der Waals surface area contributed by atoms with E-state index in [0.29, 0.717) is 31.2 Å². The molecule has 0 radical (unpaired) electrons. The van der Waals surface area contributed by atoms with Crippen LogP contribution in [-0.4, -0.2) is 20.3 Å². The van der Waals surface area contributed by atoms with Crippen LogP contribution in [0.2, 0.25) is 0 Å².